The van der Waals surface area contributed by atoms with E-state index in [-0.39, 0.29) is 0 Å². The molecule has 0 unspecified atom stereocenters. The molecule has 0 amide bonds. The second kappa shape index (κ2) is 5.67. The third-order valence-electron chi connectivity index (χ3n) is 2.93. The molecule has 2 aromatic rings. The van der Waals surface area contributed by atoms with E-state index >= 15 is 0 Å². The van der Waals surface area contributed by atoms with E-state index in [1.807, 2.05) is 26.0 Å². The van der Waals surface area contributed by atoms with Crippen LogP contribution >= 0.6 is 0 Å². The predicted molar refractivity (Wildman–Crippen MR) is 78.4 cm³/mol. The highest BCUT2D eigenvalue weighted by Crippen LogP contribution is 2.23. The molecule has 0 radical (unpaired) electrons. The summed E-state index contributed by atoms with van der Waals surface area (Å²) in [5, 5.41) is 3.32. The first kappa shape index (κ1) is 13.3. The zero-order chi connectivity index (χ0) is 13.8. The lowest BCUT2D eigenvalue weighted by Crippen LogP contribution is -2.13. The predicted octanol–water partition coefficient (Wildman–Crippen LogP) is 2.69. The molecule has 0 aliphatic heterocycles. The minimum atomic E-state index is 0.655. The van der Waals surface area contributed by atoms with Crippen molar-refractivity contribution in [2.45, 2.75) is 27.2 Å². The van der Waals surface area contributed by atoms with Gasteiger partial charge in [-0.2, -0.15) is 0 Å². The van der Waals surface area contributed by atoms with E-state index < -0.39 is 0 Å². The van der Waals surface area contributed by atoms with Crippen LogP contribution in [0.25, 0.3) is 0 Å². The minimum absolute atomic E-state index is 0.655. The molecule has 1 heterocycles. The van der Waals surface area contributed by atoms with E-state index in [1.165, 1.54) is 5.56 Å². The average Bonchev–Trinajstić information content (AvgIpc) is 2.41. The lowest BCUT2D eigenvalue weighted by atomic mass is 10.2. The van der Waals surface area contributed by atoms with Crippen LogP contribution in [0.15, 0.2) is 24.3 Å². The van der Waals surface area contributed by atoms with Gasteiger partial charge in [0.25, 0.3) is 0 Å². The van der Waals surface area contributed by atoms with Gasteiger partial charge in [0.2, 0.25) is 0 Å². The Kier molecular flexibility index (Phi) is 3.97. The van der Waals surface area contributed by atoms with Crippen LogP contribution in [-0.2, 0) is 6.42 Å². The van der Waals surface area contributed by atoms with E-state index in [4.69, 9.17) is 5.84 Å². The highest BCUT2D eigenvalue weighted by molar-refractivity contribution is 5.64. The molecule has 0 fully saturated rings. The van der Waals surface area contributed by atoms with Crippen molar-refractivity contribution in [2.75, 3.05) is 10.7 Å². The van der Waals surface area contributed by atoms with Gasteiger partial charge in [-0.15, -0.1) is 0 Å². The van der Waals surface area contributed by atoms with Crippen molar-refractivity contribution in [3.05, 3.63) is 41.2 Å². The van der Waals surface area contributed by atoms with Crippen LogP contribution in [0.5, 0.6) is 0 Å². The Morgan fingerprint density at radius 3 is 2.53 bits per heavy atom. The van der Waals surface area contributed by atoms with Gasteiger partial charge >= 0.3 is 0 Å². The summed E-state index contributed by atoms with van der Waals surface area (Å²) in [6.07, 6.45) is 0.761. The molecule has 0 saturated heterocycles. The van der Waals surface area contributed by atoms with Crippen LogP contribution < -0.4 is 16.6 Å². The van der Waals surface area contributed by atoms with Crippen LogP contribution in [0.3, 0.4) is 0 Å². The van der Waals surface area contributed by atoms with Crippen molar-refractivity contribution < 1.29 is 0 Å². The Bertz CT molecular complexity index is 580. The molecule has 1 aromatic carbocycles. The number of aromatic nitrogens is 2. The summed E-state index contributed by atoms with van der Waals surface area (Å²) >= 11 is 0. The van der Waals surface area contributed by atoms with E-state index in [9.17, 15) is 0 Å². The van der Waals surface area contributed by atoms with Gasteiger partial charge < -0.3 is 10.7 Å². The first-order chi connectivity index (χ1) is 9.13. The fourth-order valence-corrected chi connectivity index (χ4v) is 1.84. The van der Waals surface area contributed by atoms with Crippen LogP contribution in [0.2, 0.25) is 0 Å². The molecule has 0 aliphatic carbocycles. The highest BCUT2D eigenvalue weighted by atomic mass is 15.3. The number of hydrogen-bond donors (Lipinski definition) is 3. The van der Waals surface area contributed by atoms with Crippen LogP contribution in [-0.4, -0.2) is 9.97 Å². The summed E-state index contributed by atoms with van der Waals surface area (Å²) in [7, 11) is 0. The molecular formula is C14H19N5. The molecule has 5 heteroatoms. The Morgan fingerprint density at radius 1 is 1.16 bits per heavy atom. The second-order valence-electron chi connectivity index (χ2n) is 4.45. The van der Waals surface area contributed by atoms with E-state index in [0.29, 0.717) is 5.82 Å². The maximum atomic E-state index is 5.49. The molecule has 1 aromatic heterocycles. The summed E-state index contributed by atoms with van der Waals surface area (Å²) in [4.78, 5) is 8.85. The number of hydrogen-bond acceptors (Lipinski definition) is 5. The lowest BCUT2D eigenvalue weighted by Gasteiger charge is -2.13. The summed E-state index contributed by atoms with van der Waals surface area (Å²) in [5.74, 6) is 7.69. The topological polar surface area (TPSA) is 75.9 Å². The van der Waals surface area contributed by atoms with Crippen LogP contribution in [0.4, 0.5) is 17.3 Å². The van der Waals surface area contributed by atoms with E-state index in [0.717, 1.165) is 29.3 Å². The molecule has 0 saturated carbocycles. The van der Waals surface area contributed by atoms with Gasteiger partial charge in [0.15, 0.2) is 0 Å². The Balaban J connectivity index is 2.38. The molecule has 0 spiro atoms. The van der Waals surface area contributed by atoms with E-state index in [1.54, 1.807) is 0 Å². The lowest BCUT2D eigenvalue weighted by molar-refractivity contribution is 0.932. The normalized spacial score (nSPS) is 10.3. The number of aryl methyl sites for hydroxylation is 2. The number of nitrogens with two attached hydrogens (primary N) is 1. The van der Waals surface area contributed by atoms with Gasteiger partial charge in [-0.3, -0.25) is 0 Å². The third kappa shape index (κ3) is 3.00. The second-order valence-corrected chi connectivity index (χ2v) is 4.45. The SMILES string of the molecule is CCc1nc(NN)c(C)c(Nc2cccc(C)c2)n1. The van der Waals surface area contributed by atoms with Gasteiger partial charge in [0, 0.05) is 17.7 Å². The van der Waals surface area contributed by atoms with Crippen LogP contribution in [0, 0.1) is 13.8 Å². The van der Waals surface area contributed by atoms with Gasteiger partial charge in [-0.25, -0.2) is 15.8 Å². The van der Waals surface area contributed by atoms with Crippen molar-refractivity contribution >= 4 is 17.3 Å². The number of nitrogen functional groups attached to an aromatic ring is 1. The number of rotatable bonds is 4. The molecule has 100 valence electrons. The fraction of sp³-hybridized carbons (Fsp3) is 0.286. The quantitative estimate of drug-likeness (QED) is 0.580. The van der Waals surface area contributed by atoms with Crippen molar-refractivity contribution in [3.63, 3.8) is 0 Å². The van der Waals surface area contributed by atoms with Gasteiger partial charge in [-0.1, -0.05) is 19.1 Å². The standard InChI is InChI=1S/C14H19N5/c1-4-12-17-13(10(3)14(18-12)19-15)16-11-7-5-6-9(2)8-11/h5-8H,4,15H2,1-3H3,(H2,16,17,18,19). The van der Waals surface area contributed by atoms with Crippen molar-refractivity contribution in [2.24, 2.45) is 5.84 Å². The zero-order valence-electron chi connectivity index (χ0n) is 11.5. The monoisotopic (exact) mass is 257 g/mol. The molecule has 0 atom stereocenters. The molecule has 19 heavy (non-hydrogen) atoms. The van der Waals surface area contributed by atoms with Gasteiger partial charge in [-0.05, 0) is 31.5 Å². The number of anilines is 3. The van der Waals surface area contributed by atoms with E-state index in [2.05, 4.69) is 39.8 Å². The summed E-state index contributed by atoms with van der Waals surface area (Å²) in [6.45, 7) is 6.01. The maximum absolute atomic E-state index is 5.49. The molecule has 2 rings (SSSR count). The average molecular weight is 257 g/mol. The Hall–Kier alpha value is -2.14. The zero-order valence-corrected chi connectivity index (χ0v) is 11.5. The smallest absolute Gasteiger partial charge is 0.148 e. The number of benzene rings is 1. The largest absolute Gasteiger partial charge is 0.340 e. The molecule has 4 N–H and O–H groups in total. The molecule has 0 bridgehead atoms. The summed E-state index contributed by atoms with van der Waals surface area (Å²) in [5.41, 5.74) is 5.73. The minimum Gasteiger partial charge on any atom is -0.340 e. The van der Waals surface area contributed by atoms with Crippen molar-refractivity contribution in [1.82, 2.24) is 9.97 Å². The Labute approximate surface area is 113 Å². The Morgan fingerprint density at radius 2 is 1.89 bits per heavy atom. The van der Waals surface area contributed by atoms with Gasteiger partial charge in [0.1, 0.15) is 17.5 Å². The van der Waals surface area contributed by atoms with Gasteiger partial charge in [0.05, 0.1) is 0 Å². The van der Waals surface area contributed by atoms with Crippen molar-refractivity contribution in [1.29, 1.82) is 0 Å². The number of nitrogens with zero attached hydrogens (tertiary/aromatic N) is 2. The summed E-state index contributed by atoms with van der Waals surface area (Å²) in [6, 6.07) is 8.15. The molecule has 0 aliphatic rings. The maximum Gasteiger partial charge on any atom is 0.148 e. The first-order valence-electron chi connectivity index (χ1n) is 6.32. The number of nitrogens with one attached hydrogen (secondary N) is 2. The third-order valence-corrected chi connectivity index (χ3v) is 2.93. The fourth-order valence-electron chi connectivity index (χ4n) is 1.84. The number of hydrazine groups is 1. The van der Waals surface area contributed by atoms with Crippen LogP contribution in [0.1, 0.15) is 23.9 Å². The molecular weight excluding hydrogens is 238 g/mol. The molecule has 5 nitrogen and oxygen atoms in total. The summed E-state index contributed by atoms with van der Waals surface area (Å²) < 4.78 is 0. The van der Waals surface area contributed by atoms with Crippen molar-refractivity contribution in [3.8, 4) is 0 Å². The highest BCUT2D eigenvalue weighted by Gasteiger charge is 2.09. The first-order valence-corrected chi connectivity index (χ1v) is 6.32.